The molecule has 1 saturated heterocycles. The molecule has 0 aromatic rings. The second kappa shape index (κ2) is 2.46. The van der Waals surface area contributed by atoms with Gasteiger partial charge in [0.05, 0.1) is 0 Å². The number of nitrogens with one attached hydrogen (secondary N) is 1. The smallest absolute Gasteiger partial charge is 0.0140 e. The number of hydrogen-bond donors (Lipinski definition) is 2. The maximum Gasteiger partial charge on any atom is 0.0140 e. The van der Waals surface area contributed by atoms with Crippen LogP contribution in [0.4, 0.5) is 0 Å². The van der Waals surface area contributed by atoms with Crippen molar-refractivity contribution < 1.29 is 0 Å². The van der Waals surface area contributed by atoms with Crippen molar-refractivity contribution in [2.24, 2.45) is 11.1 Å². The normalized spacial score (nSPS) is 35.2. The zero-order valence-electron chi connectivity index (χ0n) is 8.07. The van der Waals surface area contributed by atoms with E-state index in [-0.39, 0.29) is 11.0 Å². The Labute approximate surface area is 69.5 Å². The van der Waals surface area contributed by atoms with Gasteiger partial charge in [-0.05, 0) is 25.7 Å². The van der Waals surface area contributed by atoms with Crippen LogP contribution in [0.2, 0.25) is 0 Å². The Bertz CT molecular complexity index is 150. The molecule has 2 heteroatoms. The highest BCUT2D eigenvalue weighted by Gasteiger charge is 2.37. The van der Waals surface area contributed by atoms with Crippen molar-refractivity contribution in [1.82, 2.24) is 5.32 Å². The lowest BCUT2D eigenvalue weighted by Crippen LogP contribution is -2.59. The Kier molecular flexibility index (Phi) is 2.01. The summed E-state index contributed by atoms with van der Waals surface area (Å²) in [6.45, 7) is 9.89. The molecule has 1 rings (SSSR count). The molecular weight excluding hydrogens is 136 g/mol. The predicted molar refractivity (Wildman–Crippen MR) is 48.5 cm³/mol. The number of piperidine rings is 1. The molecule has 1 aliphatic heterocycles. The van der Waals surface area contributed by atoms with Crippen LogP contribution < -0.4 is 11.1 Å². The molecule has 66 valence electrons. The van der Waals surface area contributed by atoms with Gasteiger partial charge in [0.15, 0.2) is 0 Å². The molecule has 0 aromatic carbocycles. The first-order chi connectivity index (χ1) is 4.83. The fourth-order valence-electron chi connectivity index (χ4n) is 1.50. The van der Waals surface area contributed by atoms with Crippen molar-refractivity contribution in [3.63, 3.8) is 0 Å². The highest BCUT2D eigenvalue weighted by Crippen LogP contribution is 2.29. The Morgan fingerprint density at radius 1 is 1.27 bits per heavy atom. The standard InChI is InChI=1S/C9H20N2/c1-8(2)6-11-9(3,4)5-7(8)10/h7,11H,5-6,10H2,1-4H3. The van der Waals surface area contributed by atoms with E-state index in [9.17, 15) is 0 Å². The van der Waals surface area contributed by atoms with Crippen molar-refractivity contribution in [3.05, 3.63) is 0 Å². The van der Waals surface area contributed by atoms with E-state index in [0.29, 0.717) is 6.04 Å². The van der Waals surface area contributed by atoms with Crippen LogP contribution in [0.5, 0.6) is 0 Å². The molecule has 0 spiro atoms. The van der Waals surface area contributed by atoms with E-state index in [1.807, 2.05) is 0 Å². The van der Waals surface area contributed by atoms with E-state index >= 15 is 0 Å². The van der Waals surface area contributed by atoms with Gasteiger partial charge >= 0.3 is 0 Å². The van der Waals surface area contributed by atoms with E-state index in [0.717, 1.165) is 13.0 Å². The molecule has 2 nitrogen and oxygen atoms in total. The summed E-state index contributed by atoms with van der Waals surface area (Å²) in [6, 6.07) is 0.332. The van der Waals surface area contributed by atoms with Crippen LogP contribution in [0.15, 0.2) is 0 Å². The van der Waals surface area contributed by atoms with Gasteiger partial charge in [0.2, 0.25) is 0 Å². The Balaban J connectivity index is 2.63. The summed E-state index contributed by atoms with van der Waals surface area (Å²) in [5, 5.41) is 3.50. The monoisotopic (exact) mass is 156 g/mol. The van der Waals surface area contributed by atoms with Crippen molar-refractivity contribution in [3.8, 4) is 0 Å². The van der Waals surface area contributed by atoms with Crippen LogP contribution in [0.1, 0.15) is 34.1 Å². The van der Waals surface area contributed by atoms with Crippen molar-refractivity contribution in [2.75, 3.05) is 6.54 Å². The molecule has 0 aromatic heterocycles. The largest absolute Gasteiger partial charge is 0.327 e. The molecule has 0 aliphatic carbocycles. The first-order valence-electron chi connectivity index (χ1n) is 4.34. The lowest BCUT2D eigenvalue weighted by atomic mass is 9.74. The van der Waals surface area contributed by atoms with Gasteiger partial charge in [0.25, 0.3) is 0 Å². The van der Waals surface area contributed by atoms with E-state index in [2.05, 4.69) is 33.0 Å². The summed E-state index contributed by atoms with van der Waals surface area (Å²) in [7, 11) is 0. The second-order valence-electron chi connectivity index (χ2n) is 5.04. The van der Waals surface area contributed by atoms with E-state index < -0.39 is 0 Å². The highest BCUT2D eigenvalue weighted by molar-refractivity contribution is 4.97. The van der Waals surface area contributed by atoms with Crippen molar-refractivity contribution in [2.45, 2.75) is 45.7 Å². The predicted octanol–water partition coefficient (Wildman–Crippen LogP) is 1.11. The van der Waals surface area contributed by atoms with Crippen LogP contribution in [-0.4, -0.2) is 18.1 Å². The summed E-state index contributed by atoms with van der Waals surface area (Å²) in [5.41, 5.74) is 6.54. The van der Waals surface area contributed by atoms with Crippen molar-refractivity contribution >= 4 is 0 Å². The molecule has 1 aliphatic rings. The zero-order chi connectivity index (χ0) is 8.70. The van der Waals surface area contributed by atoms with E-state index in [1.54, 1.807) is 0 Å². The summed E-state index contributed by atoms with van der Waals surface area (Å²) in [6.07, 6.45) is 1.07. The second-order valence-corrected chi connectivity index (χ2v) is 5.04. The van der Waals surface area contributed by atoms with Crippen LogP contribution in [0.25, 0.3) is 0 Å². The van der Waals surface area contributed by atoms with E-state index in [1.165, 1.54) is 0 Å². The van der Waals surface area contributed by atoms with Crippen LogP contribution in [-0.2, 0) is 0 Å². The van der Waals surface area contributed by atoms with E-state index in [4.69, 9.17) is 5.73 Å². The molecule has 0 amide bonds. The molecule has 11 heavy (non-hydrogen) atoms. The Morgan fingerprint density at radius 3 is 2.18 bits per heavy atom. The van der Waals surface area contributed by atoms with Gasteiger partial charge in [-0.2, -0.15) is 0 Å². The minimum absolute atomic E-state index is 0.231. The van der Waals surface area contributed by atoms with Gasteiger partial charge in [-0.25, -0.2) is 0 Å². The minimum atomic E-state index is 0.231. The van der Waals surface area contributed by atoms with Gasteiger partial charge in [0, 0.05) is 18.1 Å². The first kappa shape index (κ1) is 9.01. The summed E-state index contributed by atoms with van der Waals surface area (Å²) < 4.78 is 0. The number of hydrogen-bond acceptors (Lipinski definition) is 2. The molecule has 1 fully saturated rings. The number of rotatable bonds is 0. The highest BCUT2D eigenvalue weighted by atomic mass is 15.0. The maximum atomic E-state index is 6.05. The molecule has 3 N–H and O–H groups in total. The van der Waals surface area contributed by atoms with Gasteiger partial charge in [-0.3, -0.25) is 0 Å². The number of nitrogens with two attached hydrogens (primary N) is 1. The molecular formula is C9H20N2. The van der Waals surface area contributed by atoms with Gasteiger partial charge in [-0.15, -0.1) is 0 Å². The first-order valence-corrected chi connectivity index (χ1v) is 4.34. The Hall–Kier alpha value is -0.0800. The molecule has 1 heterocycles. The molecule has 0 radical (unpaired) electrons. The van der Waals surface area contributed by atoms with Gasteiger partial charge in [-0.1, -0.05) is 13.8 Å². The third kappa shape index (κ3) is 1.94. The SMILES string of the molecule is CC1(C)CC(N)C(C)(C)CN1. The summed E-state index contributed by atoms with van der Waals surface area (Å²) >= 11 is 0. The maximum absolute atomic E-state index is 6.05. The van der Waals surface area contributed by atoms with Crippen LogP contribution in [0.3, 0.4) is 0 Å². The van der Waals surface area contributed by atoms with Crippen LogP contribution in [0, 0.1) is 5.41 Å². The Morgan fingerprint density at radius 2 is 1.82 bits per heavy atom. The minimum Gasteiger partial charge on any atom is -0.327 e. The van der Waals surface area contributed by atoms with Gasteiger partial charge < -0.3 is 11.1 Å². The fourth-order valence-corrected chi connectivity index (χ4v) is 1.50. The van der Waals surface area contributed by atoms with Gasteiger partial charge in [0.1, 0.15) is 0 Å². The fraction of sp³-hybridized carbons (Fsp3) is 1.00. The zero-order valence-corrected chi connectivity index (χ0v) is 8.07. The lowest BCUT2D eigenvalue weighted by Gasteiger charge is -2.45. The average Bonchev–Trinajstić information content (AvgIpc) is 1.81. The molecule has 0 bridgehead atoms. The third-order valence-corrected chi connectivity index (χ3v) is 2.76. The molecule has 1 unspecified atom stereocenters. The quantitative estimate of drug-likeness (QED) is 0.551. The third-order valence-electron chi connectivity index (χ3n) is 2.76. The lowest BCUT2D eigenvalue weighted by molar-refractivity contribution is 0.143. The topological polar surface area (TPSA) is 38.0 Å². The average molecular weight is 156 g/mol. The van der Waals surface area contributed by atoms with Crippen molar-refractivity contribution in [1.29, 1.82) is 0 Å². The summed E-state index contributed by atoms with van der Waals surface area (Å²) in [5.74, 6) is 0. The molecule has 1 atom stereocenters. The molecule has 0 saturated carbocycles. The summed E-state index contributed by atoms with van der Waals surface area (Å²) in [4.78, 5) is 0. The van der Waals surface area contributed by atoms with Crippen LogP contribution >= 0.6 is 0 Å².